The molecule has 2 heterocycles. The first-order valence-corrected chi connectivity index (χ1v) is 8.93. The third kappa shape index (κ3) is 3.96. The van der Waals surface area contributed by atoms with Crippen molar-refractivity contribution in [1.29, 1.82) is 0 Å². The summed E-state index contributed by atoms with van der Waals surface area (Å²) < 4.78 is 10.9. The molecule has 0 atom stereocenters. The number of halogens is 2. The zero-order valence-corrected chi connectivity index (χ0v) is 16.2. The van der Waals surface area contributed by atoms with Crippen molar-refractivity contribution in [3.8, 4) is 11.1 Å². The molecule has 142 valence electrons. The number of fused-ring (bicyclic) bond motifs is 1. The molecule has 0 spiro atoms. The van der Waals surface area contributed by atoms with Gasteiger partial charge in [-0.2, -0.15) is 0 Å². The maximum absolute atomic E-state index is 12.5. The molecule has 0 saturated carbocycles. The summed E-state index contributed by atoms with van der Waals surface area (Å²) in [6.07, 6.45) is 0. The van der Waals surface area contributed by atoms with E-state index in [9.17, 15) is 4.79 Å². The van der Waals surface area contributed by atoms with Crippen molar-refractivity contribution >= 4 is 40.9 Å². The van der Waals surface area contributed by atoms with Crippen LogP contribution in [0, 0.1) is 0 Å². The first-order chi connectivity index (χ1) is 12.7. The highest BCUT2D eigenvalue weighted by Crippen LogP contribution is 2.33. The minimum absolute atomic E-state index is 0. The number of nitrogens with zero attached hydrogens (tertiary/aromatic N) is 1. The lowest BCUT2D eigenvalue weighted by molar-refractivity contribution is 0.0303. The van der Waals surface area contributed by atoms with Gasteiger partial charge in [-0.3, -0.25) is 4.79 Å². The Bertz CT molecular complexity index is 948. The number of hydrogen-bond acceptors (Lipinski definition) is 4. The number of morpholine rings is 1. The zero-order valence-electron chi connectivity index (χ0n) is 14.6. The van der Waals surface area contributed by atoms with Crippen molar-refractivity contribution < 1.29 is 13.9 Å². The van der Waals surface area contributed by atoms with E-state index in [0.29, 0.717) is 54.8 Å². The Hall–Kier alpha value is -2.05. The van der Waals surface area contributed by atoms with Crippen molar-refractivity contribution in [1.82, 2.24) is 4.90 Å². The maximum atomic E-state index is 12.5. The van der Waals surface area contributed by atoms with Crippen molar-refractivity contribution in [3.05, 3.63) is 58.8 Å². The van der Waals surface area contributed by atoms with E-state index in [1.165, 1.54) is 0 Å². The molecular formula is C20H20Cl2N2O3. The molecule has 3 aromatic rings. The Morgan fingerprint density at radius 3 is 2.44 bits per heavy atom. The van der Waals surface area contributed by atoms with Crippen molar-refractivity contribution in [3.63, 3.8) is 0 Å². The van der Waals surface area contributed by atoms with Gasteiger partial charge in [0.15, 0.2) is 5.58 Å². The Morgan fingerprint density at radius 1 is 1.07 bits per heavy atom. The number of ether oxygens (including phenoxy) is 1. The summed E-state index contributed by atoms with van der Waals surface area (Å²) in [6.45, 7) is 2.79. The number of hydrogen-bond donors (Lipinski definition) is 1. The molecule has 1 amide bonds. The van der Waals surface area contributed by atoms with Gasteiger partial charge < -0.3 is 19.8 Å². The van der Waals surface area contributed by atoms with Gasteiger partial charge in [-0.05, 0) is 41.5 Å². The minimum atomic E-state index is 0. The van der Waals surface area contributed by atoms with Crippen LogP contribution in [0.15, 0.2) is 46.9 Å². The van der Waals surface area contributed by atoms with Crippen LogP contribution in [0.4, 0.5) is 0 Å². The molecule has 7 heteroatoms. The van der Waals surface area contributed by atoms with Crippen LogP contribution < -0.4 is 5.73 Å². The normalized spacial score (nSPS) is 14.2. The lowest BCUT2D eigenvalue weighted by atomic mass is 10.0. The zero-order chi connectivity index (χ0) is 18.1. The highest BCUT2D eigenvalue weighted by atomic mass is 35.5. The Kier molecular flexibility index (Phi) is 6.07. The summed E-state index contributed by atoms with van der Waals surface area (Å²) in [5.41, 5.74) is 8.92. The molecule has 1 aromatic heterocycles. The van der Waals surface area contributed by atoms with Crippen LogP contribution in [-0.2, 0) is 11.3 Å². The van der Waals surface area contributed by atoms with Crippen LogP contribution in [-0.4, -0.2) is 37.1 Å². The summed E-state index contributed by atoms with van der Waals surface area (Å²) in [5, 5.41) is 1.46. The molecule has 27 heavy (non-hydrogen) atoms. The number of rotatable bonds is 3. The van der Waals surface area contributed by atoms with Crippen molar-refractivity contribution in [2.75, 3.05) is 26.3 Å². The lowest BCUT2D eigenvalue weighted by Crippen LogP contribution is -2.40. The fraction of sp³-hybridized carbons (Fsp3) is 0.250. The molecule has 1 aliphatic heterocycles. The van der Waals surface area contributed by atoms with Crippen molar-refractivity contribution in [2.45, 2.75) is 6.54 Å². The third-order valence-corrected chi connectivity index (χ3v) is 4.87. The fourth-order valence-electron chi connectivity index (χ4n) is 3.19. The van der Waals surface area contributed by atoms with Gasteiger partial charge in [0.05, 0.1) is 24.8 Å². The van der Waals surface area contributed by atoms with Gasteiger partial charge in [0.2, 0.25) is 0 Å². The molecule has 2 aromatic carbocycles. The number of amides is 1. The Morgan fingerprint density at radius 2 is 1.78 bits per heavy atom. The van der Waals surface area contributed by atoms with E-state index in [0.717, 1.165) is 16.5 Å². The number of furan rings is 1. The van der Waals surface area contributed by atoms with Crippen LogP contribution in [0.3, 0.4) is 0 Å². The predicted octanol–water partition coefficient (Wildman–Crippen LogP) is 4.11. The number of benzene rings is 2. The van der Waals surface area contributed by atoms with E-state index in [2.05, 4.69) is 0 Å². The first-order valence-electron chi connectivity index (χ1n) is 8.55. The first kappa shape index (κ1) is 19.7. The molecule has 0 unspecified atom stereocenters. The third-order valence-electron chi connectivity index (χ3n) is 4.59. The van der Waals surface area contributed by atoms with E-state index in [-0.39, 0.29) is 18.3 Å². The van der Waals surface area contributed by atoms with Gasteiger partial charge in [-0.15, -0.1) is 12.4 Å². The summed E-state index contributed by atoms with van der Waals surface area (Å²) >= 11 is 6.36. The van der Waals surface area contributed by atoms with E-state index in [1.54, 1.807) is 0 Å². The Labute approximate surface area is 168 Å². The van der Waals surface area contributed by atoms with Crippen LogP contribution in [0.5, 0.6) is 0 Å². The molecule has 5 nitrogen and oxygen atoms in total. The summed E-state index contributed by atoms with van der Waals surface area (Å²) in [4.78, 5) is 14.4. The van der Waals surface area contributed by atoms with Gasteiger partial charge in [0.25, 0.3) is 5.91 Å². The van der Waals surface area contributed by atoms with Gasteiger partial charge in [0, 0.05) is 24.0 Å². The predicted molar refractivity (Wildman–Crippen MR) is 109 cm³/mol. The fourth-order valence-corrected chi connectivity index (χ4v) is 3.45. The number of carbonyl (C=O) groups is 1. The smallest absolute Gasteiger partial charge is 0.254 e. The van der Waals surface area contributed by atoms with Crippen LogP contribution >= 0.6 is 24.0 Å². The average molecular weight is 407 g/mol. The molecule has 1 fully saturated rings. The Balaban J connectivity index is 0.00000210. The largest absolute Gasteiger partial charge is 0.458 e. The summed E-state index contributed by atoms with van der Waals surface area (Å²) in [7, 11) is 0. The van der Waals surface area contributed by atoms with E-state index >= 15 is 0 Å². The van der Waals surface area contributed by atoms with E-state index in [4.69, 9.17) is 26.5 Å². The molecule has 4 rings (SSSR count). The molecule has 0 radical (unpaired) electrons. The summed E-state index contributed by atoms with van der Waals surface area (Å²) in [5.74, 6) is 0.737. The average Bonchev–Trinajstić information content (AvgIpc) is 3.12. The van der Waals surface area contributed by atoms with Gasteiger partial charge >= 0.3 is 0 Å². The van der Waals surface area contributed by atoms with Crippen LogP contribution in [0.1, 0.15) is 16.1 Å². The van der Waals surface area contributed by atoms with E-state index in [1.807, 2.05) is 47.4 Å². The maximum Gasteiger partial charge on any atom is 0.254 e. The molecule has 1 saturated heterocycles. The van der Waals surface area contributed by atoms with Crippen LogP contribution in [0.2, 0.25) is 5.02 Å². The topological polar surface area (TPSA) is 68.7 Å². The number of nitrogens with two attached hydrogens (primary N) is 1. The van der Waals surface area contributed by atoms with Gasteiger partial charge in [0.1, 0.15) is 5.76 Å². The molecule has 0 aliphatic carbocycles. The minimum Gasteiger partial charge on any atom is -0.458 e. The second kappa shape index (κ2) is 8.31. The quantitative estimate of drug-likeness (QED) is 0.710. The molecule has 1 aliphatic rings. The molecule has 2 N–H and O–H groups in total. The number of carbonyl (C=O) groups excluding carboxylic acids is 1. The van der Waals surface area contributed by atoms with Crippen LogP contribution in [0.25, 0.3) is 22.1 Å². The van der Waals surface area contributed by atoms with Gasteiger partial charge in [-0.1, -0.05) is 23.7 Å². The second-order valence-corrected chi connectivity index (χ2v) is 6.68. The second-order valence-electron chi connectivity index (χ2n) is 6.28. The molecular weight excluding hydrogens is 387 g/mol. The highest BCUT2D eigenvalue weighted by Gasteiger charge is 2.18. The SMILES string of the molecule is Cl.NCc1cc2cc(-c3ccc(C(=O)N4CCOCC4)cc3)cc(Cl)c2o1. The van der Waals surface area contributed by atoms with E-state index < -0.39 is 0 Å². The summed E-state index contributed by atoms with van der Waals surface area (Å²) in [6, 6.07) is 13.4. The monoisotopic (exact) mass is 406 g/mol. The van der Waals surface area contributed by atoms with Gasteiger partial charge in [-0.25, -0.2) is 0 Å². The highest BCUT2D eigenvalue weighted by molar-refractivity contribution is 6.35. The standard InChI is InChI=1S/C20H19ClN2O3.ClH/c21-18-11-15(9-16-10-17(12-22)26-19(16)18)13-1-3-14(4-2-13)20(24)23-5-7-25-8-6-23;/h1-4,9-11H,5-8,12,22H2;1H. The molecule has 0 bridgehead atoms. The lowest BCUT2D eigenvalue weighted by Gasteiger charge is -2.26. The van der Waals surface area contributed by atoms with Crippen molar-refractivity contribution in [2.24, 2.45) is 5.73 Å².